The van der Waals surface area contributed by atoms with Crippen LogP contribution in [0.3, 0.4) is 0 Å². The second-order valence-corrected chi connectivity index (χ2v) is 12.1. The molecule has 0 unspecified atom stereocenters. The van der Waals surface area contributed by atoms with E-state index in [9.17, 15) is 32.6 Å². The molecule has 39 heavy (non-hydrogen) atoms. The molecule has 2 aromatic carbocycles. The maximum absolute atomic E-state index is 12.0. The molecule has 0 saturated carbocycles. The van der Waals surface area contributed by atoms with Crippen molar-refractivity contribution in [3.63, 3.8) is 0 Å². The molecule has 0 aromatic heterocycles. The highest BCUT2D eigenvalue weighted by molar-refractivity contribution is 7.94. The van der Waals surface area contributed by atoms with Crippen LogP contribution < -0.4 is 5.26 Å². The molecule has 14 heteroatoms. The normalized spacial score (nSPS) is 16.9. The Balaban J connectivity index is 1.51. The smallest absolute Gasteiger partial charge is 0.333 e. The van der Waals surface area contributed by atoms with Crippen LogP contribution in [0, 0.1) is 0 Å². The second-order valence-electron chi connectivity index (χ2n) is 9.89. The molecule has 4 rings (SSSR count). The number of fused-ring (bicyclic) bond motifs is 3. The molecule has 1 N–H and O–H groups in total. The van der Waals surface area contributed by atoms with E-state index in [-0.39, 0.29) is 29.1 Å². The molecule has 2 aliphatic heterocycles. The van der Waals surface area contributed by atoms with Gasteiger partial charge in [-0.05, 0) is 55.7 Å². The standard InChI is InChI=1S/C25H28N2O10S2/c1-15-25(2,3)24-18-13-16(39(32,33)34)14-20(38-37-36-31)17(18)8-9-19(24)26(15)12-6-4-5-7-23(30)35-27-21(28)10-11-22(27)29/h8-9,13-14H,4-7,10-12H2,1-3H3,(H-,31,32,33,34). The largest absolute Gasteiger partial charge is 0.691 e. The van der Waals surface area contributed by atoms with E-state index in [1.54, 1.807) is 6.07 Å². The van der Waals surface area contributed by atoms with Gasteiger partial charge in [0.15, 0.2) is 5.71 Å². The maximum atomic E-state index is 12.0. The van der Waals surface area contributed by atoms with Gasteiger partial charge in [-0.3, -0.25) is 19.2 Å². The first-order valence-electron chi connectivity index (χ1n) is 12.3. The van der Waals surface area contributed by atoms with E-state index >= 15 is 0 Å². The van der Waals surface area contributed by atoms with Crippen molar-refractivity contribution < 1.29 is 51.4 Å². The van der Waals surface area contributed by atoms with Crippen LogP contribution >= 0.6 is 12.0 Å². The third-order valence-electron chi connectivity index (χ3n) is 7.19. The van der Waals surface area contributed by atoms with Crippen molar-refractivity contribution in [2.75, 3.05) is 6.54 Å². The number of benzene rings is 2. The van der Waals surface area contributed by atoms with Crippen LogP contribution in [-0.2, 0) is 44.1 Å². The van der Waals surface area contributed by atoms with Gasteiger partial charge < -0.3 is 10.1 Å². The number of hydrogen-bond donors (Lipinski definition) is 1. The van der Waals surface area contributed by atoms with E-state index < -0.39 is 33.3 Å². The molecule has 12 nitrogen and oxygen atoms in total. The fourth-order valence-electron chi connectivity index (χ4n) is 5.02. The van der Waals surface area contributed by atoms with Gasteiger partial charge in [0.25, 0.3) is 21.9 Å². The van der Waals surface area contributed by atoms with E-state index in [1.807, 2.05) is 26.8 Å². The average molecular weight is 581 g/mol. The van der Waals surface area contributed by atoms with E-state index in [1.165, 1.54) is 12.1 Å². The zero-order valence-electron chi connectivity index (χ0n) is 21.6. The van der Waals surface area contributed by atoms with Crippen LogP contribution in [0.25, 0.3) is 10.8 Å². The van der Waals surface area contributed by atoms with E-state index in [0.29, 0.717) is 47.3 Å². The Morgan fingerprint density at radius 3 is 2.46 bits per heavy atom. The Hall–Kier alpha value is -2.88. The Morgan fingerprint density at radius 2 is 1.82 bits per heavy atom. The van der Waals surface area contributed by atoms with E-state index in [2.05, 4.69) is 13.9 Å². The van der Waals surface area contributed by atoms with Crippen LogP contribution in [0.1, 0.15) is 64.9 Å². The molecule has 210 valence electrons. The highest BCUT2D eigenvalue weighted by Gasteiger charge is 2.44. The number of hydrogen-bond acceptors (Lipinski definition) is 10. The monoisotopic (exact) mass is 580 g/mol. The van der Waals surface area contributed by atoms with Crippen molar-refractivity contribution >= 4 is 62.1 Å². The summed E-state index contributed by atoms with van der Waals surface area (Å²) in [6.45, 7) is 6.64. The van der Waals surface area contributed by atoms with Gasteiger partial charge in [0.2, 0.25) is 5.69 Å². The molecular weight excluding hydrogens is 552 g/mol. The van der Waals surface area contributed by atoms with Gasteiger partial charge in [0, 0.05) is 49.1 Å². The summed E-state index contributed by atoms with van der Waals surface area (Å²) < 4.78 is 40.3. The molecule has 0 radical (unpaired) electrons. The highest BCUT2D eigenvalue weighted by Crippen LogP contribution is 2.46. The minimum atomic E-state index is -4.55. The first-order valence-corrected chi connectivity index (χ1v) is 14.4. The van der Waals surface area contributed by atoms with Gasteiger partial charge in [-0.15, -0.1) is 5.06 Å². The lowest BCUT2D eigenvalue weighted by molar-refractivity contribution is -0.777. The van der Waals surface area contributed by atoms with Gasteiger partial charge in [0.1, 0.15) is 6.54 Å². The Morgan fingerprint density at radius 1 is 1.13 bits per heavy atom. The number of imide groups is 1. The SMILES string of the molecule is CC1=[N+](CCCCCC(=O)ON2C(=O)CCC2=O)c2ccc3c(SOO[O-])cc(S(=O)(=O)O)cc3c2C1(C)C. The molecule has 2 aliphatic rings. The summed E-state index contributed by atoms with van der Waals surface area (Å²) in [5.74, 6) is -1.65. The molecule has 0 bridgehead atoms. The topological polar surface area (TPSA) is 163 Å². The first kappa shape index (κ1) is 29.1. The van der Waals surface area contributed by atoms with Crippen molar-refractivity contribution in [1.29, 1.82) is 0 Å². The highest BCUT2D eigenvalue weighted by atomic mass is 32.2. The molecule has 2 heterocycles. The number of amides is 2. The summed E-state index contributed by atoms with van der Waals surface area (Å²) in [5, 5.41) is 15.6. The van der Waals surface area contributed by atoms with Gasteiger partial charge in [0.05, 0.1) is 22.4 Å². The van der Waals surface area contributed by atoms with Crippen molar-refractivity contribution in [2.45, 2.75) is 74.5 Å². The van der Waals surface area contributed by atoms with Crippen LogP contribution in [-0.4, -0.2) is 52.6 Å². The number of rotatable bonds is 11. The van der Waals surface area contributed by atoms with E-state index in [4.69, 9.17) is 4.84 Å². The predicted molar refractivity (Wildman–Crippen MR) is 136 cm³/mol. The van der Waals surface area contributed by atoms with Crippen LogP contribution in [0.4, 0.5) is 5.69 Å². The van der Waals surface area contributed by atoms with Gasteiger partial charge >= 0.3 is 5.97 Å². The fraction of sp³-hybridized carbons (Fsp3) is 0.440. The van der Waals surface area contributed by atoms with Crippen molar-refractivity contribution in [3.05, 3.63) is 29.8 Å². The zero-order valence-corrected chi connectivity index (χ0v) is 23.2. The summed E-state index contributed by atoms with van der Waals surface area (Å²) in [7, 11) is -4.55. The van der Waals surface area contributed by atoms with E-state index in [0.717, 1.165) is 23.4 Å². The van der Waals surface area contributed by atoms with Crippen molar-refractivity contribution in [3.8, 4) is 0 Å². The van der Waals surface area contributed by atoms with Crippen LogP contribution in [0.2, 0.25) is 0 Å². The Bertz CT molecular complexity index is 1470. The number of unbranched alkanes of at least 4 members (excludes halogenated alkanes) is 2. The first-order chi connectivity index (χ1) is 18.4. The summed E-state index contributed by atoms with van der Waals surface area (Å²) in [6, 6.07) is 6.32. The second kappa shape index (κ2) is 11.3. The predicted octanol–water partition coefficient (Wildman–Crippen LogP) is 2.88. The third kappa shape index (κ3) is 5.85. The molecule has 2 amide bonds. The molecule has 0 spiro atoms. The number of carbonyl (C=O) groups excluding carboxylic acids is 3. The lowest BCUT2D eigenvalue weighted by Crippen LogP contribution is -2.31. The maximum Gasteiger partial charge on any atom is 0.333 e. The van der Waals surface area contributed by atoms with Gasteiger partial charge in [-0.2, -0.15) is 17.3 Å². The minimum absolute atomic E-state index is 0.0461. The van der Waals surface area contributed by atoms with Gasteiger partial charge in [-0.25, -0.2) is 4.79 Å². The number of carbonyl (C=O) groups is 3. The molecule has 1 fully saturated rings. The van der Waals surface area contributed by atoms with Crippen LogP contribution in [0.15, 0.2) is 34.1 Å². The van der Waals surface area contributed by atoms with Crippen molar-refractivity contribution in [1.82, 2.24) is 5.06 Å². The zero-order chi connectivity index (χ0) is 28.5. The average Bonchev–Trinajstić information content (AvgIpc) is 3.29. The minimum Gasteiger partial charge on any atom is -0.691 e. The molecule has 0 aliphatic carbocycles. The molecule has 0 atom stereocenters. The fourth-order valence-corrected chi connectivity index (χ4v) is 6.17. The summed E-state index contributed by atoms with van der Waals surface area (Å²) >= 11 is 0.550. The summed E-state index contributed by atoms with van der Waals surface area (Å²) in [6.07, 6.45) is 2.08. The third-order valence-corrected chi connectivity index (χ3v) is 8.66. The molecule has 2 aromatic rings. The lowest BCUT2D eigenvalue weighted by atomic mass is 9.80. The molecular formula is C25H28N2O10S2. The Labute approximate surface area is 229 Å². The quantitative estimate of drug-likeness (QED) is 0.0791. The lowest BCUT2D eigenvalue weighted by Gasteiger charge is -2.18. The molecule has 1 saturated heterocycles. The summed E-state index contributed by atoms with van der Waals surface area (Å²) in [4.78, 5) is 40.1. The van der Waals surface area contributed by atoms with Crippen LogP contribution in [0.5, 0.6) is 0 Å². The van der Waals surface area contributed by atoms with Gasteiger partial charge in [-0.1, -0.05) is 0 Å². The van der Waals surface area contributed by atoms with Crippen molar-refractivity contribution in [2.24, 2.45) is 0 Å². The Kier molecular flexibility index (Phi) is 8.44. The number of nitrogens with zero attached hydrogens (tertiary/aromatic N) is 2. The number of hydroxylamine groups is 2. The summed E-state index contributed by atoms with van der Waals surface area (Å²) in [5.41, 5.74) is 2.26.